The standard InChI is InChI=1S/C21H25Cl2N5O3S/c1-3-28(4-2)6-8-31-16-9-12(14(22)11-15(16)23)18-13-10-17(19(30)25-5-7-29)32-20(13)27-21(24)26-18/h9-11,29H,3-8H2,1-2H3,(H,25,30)(H2,24,26,27). The van der Waals surface area contributed by atoms with Crippen LogP contribution in [0.4, 0.5) is 5.95 Å². The van der Waals surface area contributed by atoms with Crippen molar-refractivity contribution in [1.29, 1.82) is 0 Å². The summed E-state index contributed by atoms with van der Waals surface area (Å²) in [5, 5.41) is 13.0. The van der Waals surface area contributed by atoms with Crippen molar-refractivity contribution >= 4 is 56.6 Å². The Hall–Kier alpha value is -2.17. The molecule has 0 aliphatic carbocycles. The van der Waals surface area contributed by atoms with Gasteiger partial charge in [0.2, 0.25) is 5.95 Å². The average Bonchev–Trinajstić information content (AvgIpc) is 3.20. The van der Waals surface area contributed by atoms with Gasteiger partial charge in [-0.3, -0.25) is 4.79 Å². The molecule has 1 amide bonds. The van der Waals surface area contributed by atoms with Gasteiger partial charge in [0.15, 0.2) is 0 Å². The zero-order chi connectivity index (χ0) is 23.3. The van der Waals surface area contributed by atoms with Crippen LogP contribution in [0.3, 0.4) is 0 Å². The lowest BCUT2D eigenvalue weighted by molar-refractivity contribution is 0.0949. The quantitative estimate of drug-likeness (QED) is 0.391. The van der Waals surface area contributed by atoms with Gasteiger partial charge >= 0.3 is 0 Å². The molecule has 8 nitrogen and oxygen atoms in total. The van der Waals surface area contributed by atoms with Gasteiger partial charge in [-0.15, -0.1) is 11.3 Å². The summed E-state index contributed by atoms with van der Waals surface area (Å²) in [6.07, 6.45) is 0. The Bertz CT molecular complexity index is 1100. The molecule has 32 heavy (non-hydrogen) atoms. The average molecular weight is 498 g/mol. The van der Waals surface area contributed by atoms with Gasteiger partial charge < -0.3 is 25.8 Å². The highest BCUT2D eigenvalue weighted by atomic mass is 35.5. The first kappa shape index (κ1) is 24.5. The molecule has 0 spiro atoms. The number of thiophene rings is 1. The fourth-order valence-electron chi connectivity index (χ4n) is 3.16. The van der Waals surface area contributed by atoms with E-state index in [9.17, 15) is 4.79 Å². The zero-order valence-corrected chi connectivity index (χ0v) is 20.1. The number of likely N-dealkylation sites (N-methyl/N-ethyl adjacent to an activating group) is 1. The van der Waals surface area contributed by atoms with Crippen LogP contribution in [0.5, 0.6) is 5.75 Å². The van der Waals surface area contributed by atoms with E-state index < -0.39 is 0 Å². The highest BCUT2D eigenvalue weighted by molar-refractivity contribution is 7.20. The molecule has 0 bridgehead atoms. The molecule has 11 heteroatoms. The minimum absolute atomic E-state index is 0.0617. The Balaban J connectivity index is 1.98. The number of nitrogen functional groups attached to an aromatic ring is 1. The molecule has 0 aliphatic heterocycles. The third kappa shape index (κ3) is 5.60. The maximum absolute atomic E-state index is 12.3. The molecule has 0 atom stereocenters. The van der Waals surface area contributed by atoms with Crippen LogP contribution in [0, 0.1) is 0 Å². The minimum atomic E-state index is -0.311. The summed E-state index contributed by atoms with van der Waals surface area (Å²) in [6, 6.07) is 5.03. The number of amides is 1. The van der Waals surface area contributed by atoms with E-state index in [0.29, 0.717) is 48.8 Å². The van der Waals surface area contributed by atoms with E-state index in [1.54, 1.807) is 18.2 Å². The van der Waals surface area contributed by atoms with Crippen molar-refractivity contribution in [1.82, 2.24) is 20.2 Å². The number of carbonyl (C=O) groups excluding carboxylic acids is 1. The summed E-state index contributed by atoms with van der Waals surface area (Å²) in [4.78, 5) is 24.2. The molecule has 3 rings (SSSR count). The minimum Gasteiger partial charge on any atom is -0.491 e. The third-order valence-corrected chi connectivity index (χ3v) is 6.50. The first-order chi connectivity index (χ1) is 15.4. The molecule has 0 fully saturated rings. The van der Waals surface area contributed by atoms with E-state index >= 15 is 0 Å². The van der Waals surface area contributed by atoms with Gasteiger partial charge in [-0.2, -0.15) is 0 Å². The number of carbonyl (C=O) groups is 1. The van der Waals surface area contributed by atoms with E-state index in [2.05, 4.69) is 34.0 Å². The number of hydrogen-bond acceptors (Lipinski definition) is 8. The molecular weight excluding hydrogens is 473 g/mol. The molecular formula is C21H25Cl2N5O3S. The van der Waals surface area contributed by atoms with E-state index in [1.165, 1.54) is 11.3 Å². The van der Waals surface area contributed by atoms with Crippen molar-refractivity contribution in [3.8, 4) is 17.0 Å². The maximum atomic E-state index is 12.3. The molecule has 0 aliphatic rings. The molecule has 2 heterocycles. The molecule has 0 radical (unpaired) electrons. The van der Waals surface area contributed by atoms with Crippen LogP contribution in [0.2, 0.25) is 10.0 Å². The third-order valence-electron chi connectivity index (χ3n) is 4.87. The topological polar surface area (TPSA) is 114 Å². The van der Waals surface area contributed by atoms with Crippen LogP contribution in [0.25, 0.3) is 21.5 Å². The number of benzene rings is 1. The van der Waals surface area contributed by atoms with Crippen LogP contribution >= 0.6 is 34.5 Å². The number of halogens is 2. The second-order valence-corrected chi connectivity index (χ2v) is 8.72. The van der Waals surface area contributed by atoms with Gasteiger partial charge in [-0.1, -0.05) is 37.0 Å². The number of ether oxygens (including phenoxy) is 1. The molecule has 2 aromatic heterocycles. The number of anilines is 1. The number of aliphatic hydroxyl groups excluding tert-OH is 1. The lowest BCUT2D eigenvalue weighted by Gasteiger charge is -2.19. The fraction of sp³-hybridized carbons (Fsp3) is 0.381. The second kappa shape index (κ2) is 11.1. The first-order valence-corrected chi connectivity index (χ1v) is 11.8. The highest BCUT2D eigenvalue weighted by Gasteiger charge is 2.19. The summed E-state index contributed by atoms with van der Waals surface area (Å²) >= 11 is 14.1. The molecule has 172 valence electrons. The molecule has 4 N–H and O–H groups in total. The van der Waals surface area contributed by atoms with E-state index in [4.69, 9.17) is 38.8 Å². The van der Waals surface area contributed by atoms with Crippen molar-refractivity contribution in [2.75, 3.05) is 45.1 Å². The summed E-state index contributed by atoms with van der Waals surface area (Å²) in [5.41, 5.74) is 7.00. The summed E-state index contributed by atoms with van der Waals surface area (Å²) in [7, 11) is 0. The summed E-state index contributed by atoms with van der Waals surface area (Å²) in [5.74, 6) is 0.237. The van der Waals surface area contributed by atoms with Crippen LogP contribution in [-0.4, -0.2) is 65.3 Å². The van der Waals surface area contributed by atoms with E-state index in [0.717, 1.165) is 19.6 Å². The highest BCUT2D eigenvalue weighted by Crippen LogP contribution is 2.40. The zero-order valence-electron chi connectivity index (χ0n) is 17.8. The Labute approximate surface area is 200 Å². The summed E-state index contributed by atoms with van der Waals surface area (Å²) < 4.78 is 5.93. The number of nitrogens with zero attached hydrogens (tertiary/aromatic N) is 3. The van der Waals surface area contributed by atoms with Gasteiger partial charge in [0, 0.05) is 24.0 Å². The van der Waals surface area contributed by atoms with Crippen LogP contribution in [0.15, 0.2) is 18.2 Å². The Morgan fingerprint density at radius 2 is 1.97 bits per heavy atom. The van der Waals surface area contributed by atoms with Crippen LogP contribution < -0.4 is 15.8 Å². The maximum Gasteiger partial charge on any atom is 0.261 e. The summed E-state index contributed by atoms with van der Waals surface area (Å²) in [6.45, 7) is 7.31. The number of aliphatic hydroxyl groups is 1. The Kier molecular flexibility index (Phi) is 8.50. The molecule has 0 unspecified atom stereocenters. The van der Waals surface area contributed by atoms with Gasteiger partial charge in [0.25, 0.3) is 5.91 Å². The lowest BCUT2D eigenvalue weighted by atomic mass is 10.1. The number of nitrogens with two attached hydrogens (primary N) is 1. The Morgan fingerprint density at radius 1 is 1.22 bits per heavy atom. The smallest absolute Gasteiger partial charge is 0.261 e. The molecule has 0 saturated heterocycles. The van der Waals surface area contributed by atoms with Gasteiger partial charge in [0.05, 0.1) is 27.2 Å². The number of hydrogen-bond donors (Lipinski definition) is 3. The monoisotopic (exact) mass is 497 g/mol. The SMILES string of the molecule is CCN(CC)CCOc1cc(-c2nc(N)nc3sc(C(=O)NCCO)cc23)c(Cl)cc1Cl. The number of nitrogens with one attached hydrogen (secondary N) is 1. The Morgan fingerprint density at radius 3 is 2.66 bits per heavy atom. The van der Waals surface area contributed by atoms with Crippen LogP contribution in [0.1, 0.15) is 23.5 Å². The fourth-order valence-corrected chi connectivity index (χ4v) is 4.64. The van der Waals surface area contributed by atoms with E-state index in [1.807, 2.05) is 0 Å². The van der Waals surface area contributed by atoms with Crippen LogP contribution in [-0.2, 0) is 0 Å². The van der Waals surface area contributed by atoms with Crippen molar-refractivity contribution < 1.29 is 14.6 Å². The predicted octanol–water partition coefficient (Wildman–Crippen LogP) is 3.69. The number of rotatable bonds is 10. The molecule has 3 aromatic rings. The second-order valence-electron chi connectivity index (χ2n) is 6.88. The van der Waals surface area contributed by atoms with Crippen molar-refractivity contribution in [2.24, 2.45) is 0 Å². The predicted molar refractivity (Wildman–Crippen MR) is 130 cm³/mol. The number of fused-ring (bicyclic) bond motifs is 1. The number of aromatic nitrogens is 2. The largest absolute Gasteiger partial charge is 0.491 e. The van der Waals surface area contributed by atoms with Gasteiger partial charge in [-0.05, 0) is 31.3 Å². The van der Waals surface area contributed by atoms with Crippen molar-refractivity contribution in [3.63, 3.8) is 0 Å². The molecule has 0 saturated carbocycles. The lowest BCUT2D eigenvalue weighted by Crippen LogP contribution is -2.27. The van der Waals surface area contributed by atoms with Gasteiger partial charge in [0.1, 0.15) is 17.2 Å². The van der Waals surface area contributed by atoms with E-state index in [-0.39, 0.29) is 25.0 Å². The first-order valence-electron chi connectivity index (χ1n) is 10.2. The van der Waals surface area contributed by atoms with Gasteiger partial charge in [-0.25, -0.2) is 9.97 Å². The molecule has 1 aromatic carbocycles. The van der Waals surface area contributed by atoms with Crippen molar-refractivity contribution in [2.45, 2.75) is 13.8 Å². The normalized spacial score (nSPS) is 11.3. The van der Waals surface area contributed by atoms with Crippen molar-refractivity contribution in [3.05, 3.63) is 33.1 Å².